The summed E-state index contributed by atoms with van der Waals surface area (Å²) in [6.07, 6.45) is 2.55. The van der Waals surface area contributed by atoms with Gasteiger partial charge in [0, 0.05) is 24.4 Å². The Hall–Kier alpha value is -1.55. The number of carbonyl (C=O) groups excluding carboxylic acids is 1. The van der Waals surface area contributed by atoms with Gasteiger partial charge in [-0.2, -0.15) is 0 Å². The van der Waals surface area contributed by atoms with Gasteiger partial charge in [-0.15, -0.1) is 0 Å². The number of unbranched alkanes of at least 4 members (excludes halogenated alkanes) is 1. The third-order valence-corrected chi connectivity index (χ3v) is 2.95. The van der Waals surface area contributed by atoms with E-state index in [4.69, 9.17) is 16.7 Å². The van der Waals surface area contributed by atoms with Crippen LogP contribution in [0.3, 0.4) is 0 Å². The zero-order valence-corrected chi connectivity index (χ0v) is 11.4. The Morgan fingerprint density at radius 2 is 1.79 bits per heavy atom. The van der Waals surface area contributed by atoms with Crippen molar-refractivity contribution >= 4 is 23.5 Å². The minimum Gasteiger partial charge on any atom is -0.481 e. The monoisotopic (exact) mass is 283 g/mol. The Bertz CT molecular complexity index is 417. The second-order valence-electron chi connectivity index (χ2n) is 4.33. The molecule has 0 aliphatic heterocycles. The van der Waals surface area contributed by atoms with E-state index in [-0.39, 0.29) is 12.3 Å². The van der Waals surface area contributed by atoms with Crippen molar-refractivity contribution in [2.24, 2.45) is 0 Å². The zero-order valence-electron chi connectivity index (χ0n) is 10.7. The van der Waals surface area contributed by atoms with Gasteiger partial charge in [0.1, 0.15) is 0 Å². The largest absolute Gasteiger partial charge is 0.481 e. The Morgan fingerprint density at radius 1 is 1.11 bits per heavy atom. The van der Waals surface area contributed by atoms with E-state index in [1.54, 1.807) is 12.1 Å². The summed E-state index contributed by atoms with van der Waals surface area (Å²) in [5.41, 5.74) is 1.07. The van der Waals surface area contributed by atoms with Crippen molar-refractivity contribution in [3.05, 3.63) is 34.9 Å². The Morgan fingerprint density at radius 3 is 2.42 bits per heavy atom. The highest BCUT2D eigenvalue weighted by atomic mass is 35.5. The van der Waals surface area contributed by atoms with Gasteiger partial charge >= 0.3 is 5.97 Å². The van der Waals surface area contributed by atoms with E-state index in [0.29, 0.717) is 37.3 Å². The highest BCUT2D eigenvalue weighted by molar-refractivity contribution is 6.30. The highest BCUT2D eigenvalue weighted by Crippen LogP contribution is 2.10. The van der Waals surface area contributed by atoms with Crippen LogP contribution in [-0.4, -0.2) is 23.5 Å². The van der Waals surface area contributed by atoms with Crippen molar-refractivity contribution in [1.29, 1.82) is 0 Å². The number of benzene rings is 1. The average molecular weight is 284 g/mol. The first kappa shape index (κ1) is 15.5. The standard InChI is InChI=1S/C14H18ClNO3/c15-12-7-4-11(5-8-12)6-9-13(17)16-10-2-1-3-14(18)19/h4-5,7-8H,1-3,6,9-10H2,(H,16,17)(H,18,19). The average Bonchev–Trinajstić information content (AvgIpc) is 2.37. The molecule has 2 N–H and O–H groups in total. The van der Waals surface area contributed by atoms with Crippen molar-refractivity contribution in [3.8, 4) is 0 Å². The van der Waals surface area contributed by atoms with Crippen LogP contribution in [0, 0.1) is 0 Å². The van der Waals surface area contributed by atoms with Crippen molar-refractivity contribution in [2.45, 2.75) is 32.1 Å². The quantitative estimate of drug-likeness (QED) is 0.721. The molecule has 0 unspecified atom stereocenters. The number of aliphatic carboxylic acids is 1. The molecule has 1 amide bonds. The molecular formula is C14H18ClNO3. The van der Waals surface area contributed by atoms with Gasteiger partial charge in [-0.1, -0.05) is 23.7 Å². The van der Waals surface area contributed by atoms with Crippen molar-refractivity contribution in [3.63, 3.8) is 0 Å². The van der Waals surface area contributed by atoms with Crippen LogP contribution in [0.2, 0.25) is 5.02 Å². The number of hydrogen-bond donors (Lipinski definition) is 2. The van der Waals surface area contributed by atoms with E-state index in [9.17, 15) is 9.59 Å². The molecule has 0 saturated heterocycles. The minimum absolute atomic E-state index is 0.00900. The molecule has 0 aromatic heterocycles. The Balaban J connectivity index is 2.11. The molecule has 19 heavy (non-hydrogen) atoms. The van der Waals surface area contributed by atoms with Gasteiger partial charge < -0.3 is 10.4 Å². The van der Waals surface area contributed by atoms with Gasteiger partial charge in [-0.25, -0.2) is 0 Å². The normalized spacial score (nSPS) is 10.2. The lowest BCUT2D eigenvalue weighted by Gasteiger charge is -2.05. The molecule has 1 aromatic rings. The lowest BCUT2D eigenvalue weighted by atomic mass is 10.1. The van der Waals surface area contributed by atoms with E-state index >= 15 is 0 Å². The SMILES string of the molecule is O=C(O)CCCCNC(=O)CCc1ccc(Cl)cc1. The fraction of sp³-hybridized carbons (Fsp3) is 0.429. The maximum atomic E-state index is 11.5. The van der Waals surface area contributed by atoms with Crippen LogP contribution in [0.15, 0.2) is 24.3 Å². The molecule has 0 spiro atoms. The number of halogens is 1. The lowest BCUT2D eigenvalue weighted by Crippen LogP contribution is -2.24. The summed E-state index contributed by atoms with van der Waals surface area (Å²) in [4.78, 5) is 21.8. The number of carboxylic acids is 1. The predicted molar refractivity (Wildman–Crippen MR) is 74.3 cm³/mol. The van der Waals surface area contributed by atoms with Gasteiger partial charge in [0.05, 0.1) is 0 Å². The van der Waals surface area contributed by atoms with Crippen LogP contribution in [0.25, 0.3) is 0 Å². The first-order chi connectivity index (χ1) is 9.08. The van der Waals surface area contributed by atoms with E-state index < -0.39 is 5.97 Å². The molecule has 5 heteroatoms. The van der Waals surface area contributed by atoms with Crippen LogP contribution in [0.5, 0.6) is 0 Å². The fourth-order valence-electron chi connectivity index (χ4n) is 1.63. The first-order valence-electron chi connectivity index (χ1n) is 6.31. The van der Waals surface area contributed by atoms with Crippen LogP contribution in [-0.2, 0) is 16.0 Å². The summed E-state index contributed by atoms with van der Waals surface area (Å²) in [7, 11) is 0. The molecule has 4 nitrogen and oxygen atoms in total. The second-order valence-corrected chi connectivity index (χ2v) is 4.76. The molecule has 1 aromatic carbocycles. The van der Waals surface area contributed by atoms with Crippen LogP contribution in [0.4, 0.5) is 0 Å². The summed E-state index contributed by atoms with van der Waals surface area (Å²) in [6, 6.07) is 7.42. The topological polar surface area (TPSA) is 66.4 Å². The zero-order chi connectivity index (χ0) is 14.1. The molecule has 0 saturated carbocycles. The van der Waals surface area contributed by atoms with E-state index in [2.05, 4.69) is 5.32 Å². The summed E-state index contributed by atoms with van der Waals surface area (Å²) < 4.78 is 0. The summed E-state index contributed by atoms with van der Waals surface area (Å²) in [5.74, 6) is -0.806. The smallest absolute Gasteiger partial charge is 0.303 e. The highest BCUT2D eigenvalue weighted by Gasteiger charge is 2.02. The lowest BCUT2D eigenvalue weighted by molar-refractivity contribution is -0.137. The summed E-state index contributed by atoms with van der Waals surface area (Å²) in [5, 5.41) is 11.9. The summed E-state index contributed by atoms with van der Waals surface area (Å²) >= 11 is 5.77. The van der Waals surface area contributed by atoms with Crippen molar-refractivity contribution < 1.29 is 14.7 Å². The van der Waals surface area contributed by atoms with Crippen LogP contribution < -0.4 is 5.32 Å². The molecule has 0 aliphatic rings. The third kappa shape index (κ3) is 7.47. The Labute approximate surface area is 117 Å². The fourth-order valence-corrected chi connectivity index (χ4v) is 1.75. The molecule has 0 aliphatic carbocycles. The minimum atomic E-state index is -0.797. The van der Waals surface area contributed by atoms with Crippen molar-refractivity contribution in [2.75, 3.05) is 6.54 Å². The second kappa shape index (κ2) is 8.53. The molecule has 1 rings (SSSR count). The van der Waals surface area contributed by atoms with Gasteiger partial charge in [-0.05, 0) is 37.0 Å². The van der Waals surface area contributed by atoms with Crippen molar-refractivity contribution in [1.82, 2.24) is 5.32 Å². The van der Waals surface area contributed by atoms with Crippen LogP contribution in [0.1, 0.15) is 31.2 Å². The van der Waals surface area contributed by atoms with Gasteiger partial charge in [0.2, 0.25) is 5.91 Å². The molecule has 0 fully saturated rings. The molecule has 0 radical (unpaired) electrons. The van der Waals surface area contributed by atoms with E-state index in [0.717, 1.165) is 5.56 Å². The van der Waals surface area contributed by atoms with E-state index in [1.165, 1.54) is 0 Å². The van der Waals surface area contributed by atoms with Crippen LogP contribution >= 0.6 is 11.6 Å². The maximum absolute atomic E-state index is 11.5. The van der Waals surface area contributed by atoms with Gasteiger partial charge in [0.15, 0.2) is 0 Å². The molecule has 104 valence electrons. The number of nitrogens with one attached hydrogen (secondary N) is 1. The number of aryl methyl sites for hydroxylation is 1. The molecule has 0 atom stereocenters. The van der Waals surface area contributed by atoms with E-state index in [1.807, 2.05) is 12.1 Å². The first-order valence-corrected chi connectivity index (χ1v) is 6.68. The molecule has 0 heterocycles. The van der Waals surface area contributed by atoms with Gasteiger partial charge in [0.25, 0.3) is 0 Å². The maximum Gasteiger partial charge on any atom is 0.303 e. The predicted octanol–water partition coefficient (Wildman–Crippen LogP) is 2.64. The number of carbonyl (C=O) groups is 2. The number of amides is 1. The Kier molecular flexibility index (Phi) is 6.97. The molecule has 0 bridgehead atoms. The third-order valence-electron chi connectivity index (χ3n) is 2.69. The number of carboxylic acid groups (broad SMARTS) is 1. The number of rotatable bonds is 8. The molecular weight excluding hydrogens is 266 g/mol. The van der Waals surface area contributed by atoms with Gasteiger partial charge in [-0.3, -0.25) is 9.59 Å². The number of hydrogen-bond acceptors (Lipinski definition) is 2. The summed E-state index contributed by atoms with van der Waals surface area (Å²) in [6.45, 7) is 0.534.